The van der Waals surface area contributed by atoms with E-state index in [1.165, 1.54) is 32.1 Å². The molecule has 0 aliphatic heterocycles. The zero-order valence-electron chi connectivity index (χ0n) is 18.0. The number of fused-ring (bicyclic) bond motifs is 1. The van der Waals surface area contributed by atoms with E-state index in [9.17, 15) is 0 Å². The summed E-state index contributed by atoms with van der Waals surface area (Å²) in [6, 6.07) is 23.5. The third kappa shape index (κ3) is 3.19. The van der Waals surface area contributed by atoms with Crippen LogP contribution in [0.15, 0.2) is 97.6 Å². The number of hydrogen-bond donors (Lipinski definition) is 0. The molecule has 3 aliphatic carbocycles. The van der Waals surface area contributed by atoms with E-state index < -0.39 is 8.07 Å². The summed E-state index contributed by atoms with van der Waals surface area (Å²) in [5.41, 5.74) is 1.62. The van der Waals surface area contributed by atoms with Gasteiger partial charge in [-0.1, -0.05) is 127 Å². The van der Waals surface area contributed by atoms with Crippen LogP contribution < -0.4 is 10.4 Å². The molecule has 0 radical (unpaired) electrons. The summed E-state index contributed by atoms with van der Waals surface area (Å²) < 4.78 is 0. The zero-order chi connectivity index (χ0) is 20.4. The lowest BCUT2D eigenvalue weighted by molar-refractivity contribution is 0.422. The molecule has 0 heterocycles. The highest BCUT2D eigenvalue weighted by Crippen LogP contribution is 2.57. The van der Waals surface area contributed by atoms with Crippen LogP contribution in [0.2, 0.25) is 11.1 Å². The Kier molecular flexibility index (Phi) is 5.65. The maximum absolute atomic E-state index is 4.11. The fourth-order valence-electron chi connectivity index (χ4n) is 7.29. The van der Waals surface area contributed by atoms with Gasteiger partial charge >= 0.3 is 0 Å². The summed E-state index contributed by atoms with van der Waals surface area (Å²) in [6.07, 6.45) is 20.0. The van der Waals surface area contributed by atoms with Crippen molar-refractivity contribution in [1.82, 2.24) is 0 Å². The van der Waals surface area contributed by atoms with Crippen LogP contribution in [0, 0.1) is 17.8 Å². The van der Waals surface area contributed by atoms with Crippen molar-refractivity contribution >= 4 is 18.4 Å². The number of rotatable bonds is 6. The second-order valence-electron chi connectivity index (χ2n) is 9.63. The van der Waals surface area contributed by atoms with Crippen molar-refractivity contribution in [1.29, 1.82) is 0 Å². The van der Waals surface area contributed by atoms with E-state index in [-0.39, 0.29) is 0 Å². The van der Waals surface area contributed by atoms with Crippen LogP contribution in [0.5, 0.6) is 0 Å². The fraction of sp³-hybridized carbons (Fsp3) is 0.379. The normalized spacial score (nSPS) is 28.5. The summed E-state index contributed by atoms with van der Waals surface area (Å²) in [5, 5.41) is 3.35. The predicted molar refractivity (Wildman–Crippen MR) is 132 cm³/mol. The van der Waals surface area contributed by atoms with E-state index >= 15 is 0 Å². The summed E-state index contributed by atoms with van der Waals surface area (Å²) in [4.78, 5) is 0. The average molecular weight is 411 g/mol. The summed E-state index contributed by atoms with van der Waals surface area (Å²) >= 11 is 0. The van der Waals surface area contributed by atoms with Gasteiger partial charge in [-0.15, -0.1) is 6.58 Å². The second-order valence-corrected chi connectivity index (χ2v) is 14.1. The number of allylic oxidation sites excluding steroid dienone is 5. The van der Waals surface area contributed by atoms with Crippen molar-refractivity contribution in [2.24, 2.45) is 17.8 Å². The minimum atomic E-state index is -1.98. The average Bonchev–Trinajstić information content (AvgIpc) is 3.46. The van der Waals surface area contributed by atoms with E-state index in [0.717, 1.165) is 23.4 Å². The molecule has 154 valence electrons. The molecule has 2 aromatic carbocycles. The van der Waals surface area contributed by atoms with Gasteiger partial charge in [0.1, 0.15) is 8.07 Å². The molecule has 30 heavy (non-hydrogen) atoms. The summed E-state index contributed by atoms with van der Waals surface area (Å²) in [5.74, 6) is 2.09. The molecule has 0 nitrogen and oxygen atoms in total. The zero-order valence-corrected chi connectivity index (χ0v) is 19.0. The van der Waals surface area contributed by atoms with E-state index in [1.807, 2.05) is 0 Å². The minimum absolute atomic E-state index is 0.674. The Hall–Kier alpha value is -2.12. The Bertz CT molecular complexity index is 864. The Balaban J connectivity index is 1.72. The van der Waals surface area contributed by atoms with Gasteiger partial charge in [-0.2, -0.15) is 0 Å². The highest BCUT2D eigenvalue weighted by atomic mass is 28.3. The molecule has 2 aromatic rings. The molecule has 4 atom stereocenters. The van der Waals surface area contributed by atoms with Crippen molar-refractivity contribution in [2.75, 3.05) is 0 Å². The predicted octanol–water partition coefficient (Wildman–Crippen LogP) is 6.52. The largest absolute Gasteiger partial charge is 0.124 e. The third-order valence-corrected chi connectivity index (χ3v) is 14.6. The SMILES string of the molecule is C=CCC1CC([Si](c2ccccc2)(c2ccccc2)C2CCCC2)C2C=CC=CC12. The van der Waals surface area contributed by atoms with Gasteiger partial charge in [0.05, 0.1) is 0 Å². The van der Waals surface area contributed by atoms with Crippen LogP contribution in [0.1, 0.15) is 38.5 Å². The van der Waals surface area contributed by atoms with E-state index in [0.29, 0.717) is 11.8 Å². The quantitative estimate of drug-likeness (QED) is 0.376. The Morgan fingerprint density at radius 3 is 1.93 bits per heavy atom. The van der Waals surface area contributed by atoms with E-state index in [2.05, 4.69) is 97.6 Å². The monoisotopic (exact) mass is 410 g/mol. The highest BCUT2D eigenvalue weighted by molar-refractivity contribution is 7.04. The van der Waals surface area contributed by atoms with Gasteiger partial charge in [-0.25, -0.2) is 0 Å². The topological polar surface area (TPSA) is 0 Å². The van der Waals surface area contributed by atoms with E-state index in [4.69, 9.17) is 0 Å². The van der Waals surface area contributed by atoms with Crippen LogP contribution in [-0.4, -0.2) is 8.07 Å². The van der Waals surface area contributed by atoms with Crippen LogP contribution >= 0.6 is 0 Å². The number of hydrogen-bond acceptors (Lipinski definition) is 0. The molecule has 0 aromatic heterocycles. The lowest BCUT2D eigenvalue weighted by atomic mass is 9.85. The molecular weight excluding hydrogens is 376 g/mol. The number of benzene rings is 2. The van der Waals surface area contributed by atoms with Crippen molar-refractivity contribution in [2.45, 2.75) is 49.6 Å². The fourth-order valence-corrected chi connectivity index (χ4v) is 14.5. The van der Waals surface area contributed by atoms with Gasteiger partial charge in [0.2, 0.25) is 0 Å². The first-order valence-corrected chi connectivity index (χ1v) is 14.1. The molecule has 0 saturated heterocycles. The van der Waals surface area contributed by atoms with Crippen molar-refractivity contribution in [3.8, 4) is 0 Å². The molecule has 1 heteroatoms. The lowest BCUT2D eigenvalue weighted by Gasteiger charge is -2.46. The lowest BCUT2D eigenvalue weighted by Crippen LogP contribution is -2.65. The molecule has 4 unspecified atom stereocenters. The smallest absolute Gasteiger partial charge is 0.103 e. The summed E-state index contributed by atoms with van der Waals surface area (Å²) in [7, 11) is -1.98. The molecule has 5 rings (SSSR count). The standard InChI is InChI=1S/C29H34Si/c1-2-13-23-22-29(28-21-12-11-20-27(23)28)30(26-18-9-10-19-26,24-14-5-3-6-15-24)25-16-7-4-8-17-25/h2-8,11-12,14-17,20-21,23,26-29H,1,9-10,13,18-19,22H2. The van der Waals surface area contributed by atoms with Gasteiger partial charge in [-0.05, 0) is 41.7 Å². The Labute approximate surface area is 183 Å². The summed E-state index contributed by atoms with van der Waals surface area (Å²) in [6.45, 7) is 4.11. The first-order chi connectivity index (χ1) is 14.9. The second kappa shape index (κ2) is 8.55. The first-order valence-electron chi connectivity index (χ1n) is 11.9. The molecule has 0 amide bonds. The maximum atomic E-state index is 4.11. The molecule has 2 fully saturated rings. The third-order valence-electron chi connectivity index (χ3n) is 8.34. The van der Waals surface area contributed by atoms with Gasteiger partial charge in [0.25, 0.3) is 0 Å². The van der Waals surface area contributed by atoms with Gasteiger partial charge < -0.3 is 0 Å². The first kappa shape index (κ1) is 19.8. The van der Waals surface area contributed by atoms with Crippen LogP contribution in [0.4, 0.5) is 0 Å². The van der Waals surface area contributed by atoms with Crippen LogP contribution in [0.3, 0.4) is 0 Å². The van der Waals surface area contributed by atoms with Crippen LogP contribution in [0.25, 0.3) is 0 Å². The molecule has 0 spiro atoms. The van der Waals surface area contributed by atoms with Gasteiger partial charge in [0.15, 0.2) is 0 Å². The van der Waals surface area contributed by atoms with Crippen molar-refractivity contribution in [3.63, 3.8) is 0 Å². The Morgan fingerprint density at radius 2 is 1.37 bits per heavy atom. The molecule has 0 N–H and O–H groups in total. The van der Waals surface area contributed by atoms with Crippen LogP contribution in [-0.2, 0) is 0 Å². The molecule has 2 saturated carbocycles. The van der Waals surface area contributed by atoms with Crippen molar-refractivity contribution < 1.29 is 0 Å². The van der Waals surface area contributed by atoms with Crippen molar-refractivity contribution in [3.05, 3.63) is 97.6 Å². The Morgan fingerprint density at radius 1 is 0.800 bits per heavy atom. The van der Waals surface area contributed by atoms with E-state index in [1.54, 1.807) is 10.4 Å². The molecule has 3 aliphatic rings. The van der Waals surface area contributed by atoms with Gasteiger partial charge in [-0.3, -0.25) is 0 Å². The minimum Gasteiger partial charge on any atom is -0.103 e. The molecule has 0 bridgehead atoms. The highest BCUT2D eigenvalue weighted by Gasteiger charge is 2.57. The van der Waals surface area contributed by atoms with Gasteiger partial charge in [0, 0.05) is 0 Å². The maximum Gasteiger partial charge on any atom is 0.124 e. The molecular formula is C29H34Si.